The first kappa shape index (κ1) is 13.4. The standard InChI is InChI=1S/C15H18N2O2/c1-17(2)13-6-4-11(5-7-13)15(18)12-8-14(19-3)10-16-9-12/h4-10,15,18H,1-3H3. The number of benzene rings is 1. The Morgan fingerprint density at radius 2 is 1.79 bits per heavy atom. The van der Waals surface area contributed by atoms with Crippen LogP contribution in [0.25, 0.3) is 0 Å². The van der Waals surface area contributed by atoms with Crippen molar-refractivity contribution < 1.29 is 9.84 Å². The van der Waals surface area contributed by atoms with Gasteiger partial charge in [-0.25, -0.2) is 0 Å². The van der Waals surface area contributed by atoms with Crippen LogP contribution >= 0.6 is 0 Å². The summed E-state index contributed by atoms with van der Waals surface area (Å²) in [6, 6.07) is 9.58. The van der Waals surface area contributed by atoms with Crippen molar-refractivity contribution in [3.63, 3.8) is 0 Å². The number of nitrogens with zero attached hydrogens (tertiary/aromatic N) is 2. The molecule has 0 saturated carbocycles. The van der Waals surface area contributed by atoms with E-state index >= 15 is 0 Å². The largest absolute Gasteiger partial charge is 0.495 e. The molecule has 0 radical (unpaired) electrons. The van der Waals surface area contributed by atoms with Crippen molar-refractivity contribution in [1.82, 2.24) is 4.98 Å². The van der Waals surface area contributed by atoms with Crippen LogP contribution in [-0.2, 0) is 0 Å². The lowest BCUT2D eigenvalue weighted by Gasteiger charge is -2.15. The van der Waals surface area contributed by atoms with Gasteiger partial charge in [-0.05, 0) is 23.8 Å². The Kier molecular flexibility index (Phi) is 4.02. The second-order valence-electron chi connectivity index (χ2n) is 4.55. The number of aromatic nitrogens is 1. The van der Waals surface area contributed by atoms with Gasteiger partial charge in [0.25, 0.3) is 0 Å². The zero-order valence-electron chi connectivity index (χ0n) is 11.4. The number of methoxy groups -OCH3 is 1. The highest BCUT2D eigenvalue weighted by atomic mass is 16.5. The molecule has 4 heteroatoms. The minimum absolute atomic E-state index is 0.640. The van der Waals surface area contributed by atoms with E-state index in [-0.39, 0.29) is 0 Å². The van der Waals surface area contributed by atoms with Gasteiger partial charge in [0.2, 0.25) is 0 Å². The molecule has 0 aliphatic heterocycles. The molecular weight excluding hydrogens is 240 g/mol. The molecule has 0 aliphatic carbocycles. The van der Waals surface area contributed by atoms with Gasteiger partial charge < -0.3 is 14.7 Å². The first-order valence-electron chi connectivity index (χ1n) is 6.06. The Hall–Kier alpha value is -2.07. The molecule has 1 aromatic heterocycles. The number of hydrogen-bond acceptors (Lipinski definition) is 4. The molecule has 0 spiro atoms. The monoisotopic (exact) mass is 258 g/mol. The van der Waals surface area contributed by atoms with Gasteiger partial charge in [-0.2, -0.15) is 0 Å². The summed E-state index contributed by atoms with van der Waals surface area (Å²) in [4.78, 5) is 6.07. The summed E-state index contributed by atoms with van der Waals surface area (Å²) in [6.45, 7) is 0. The Bertz CT molecular complexity index is 538. The second-order valence-corrected chi connectivity index (χ2v) is 4.55. The average molecular weight is 258 g/mol. The number of anilines is 1. The topological polar surface area (TPSA) is 45.6 Å². The molecule has 0 aliphatic rings. The van der Waals surface area contributed by atoms with Crippen molar-refractivity contribution in [2.45, 2.75) is 6.10 Å². The smallest absolute Gasteiger partial charge is 0.137 e. The van der Waals surface area contributed by atoms with Crippen LogP contribution in [0.1, 0.15) is 17.2 Å². The fourth-order valence-electron chi connectivity index (χ4n) is 1.84. The number of aliphatic hydroxyl groups is 1. The van der Waals surface area contributed by atoms with Gasteiger partial charge in [0, 0.05) is 31.5 Å². The average Bonchev–Trinajstić information content (AvgIpc) is 2.46. The number of aliphatic hydroxyl groups excluding tert-OH is 1. The van der Waals surface area contributed by atoms with E-state index in [0.717, 1.165) is 16.8 Å². The fraction of sp³-hybridized carbons (Fsp3) is 0.267. The number of pyridine rings is 1. The van der Waals surface area contributed by atoms with Crippen LogP contribution in [0, 0.1) is 0 Å². The highest BCUT2D eigenvalue weighted by molar-refractivity contribution is 5.47. The molecule has 2 rings (SSSR count). The lowest BCUT2D eigenvalue weighted by molar-refractivity contribution is 0.219. The summed E-state index contributed by atoms with van der Waals surface area (Å²) in [5.74, 6) is 0.640. The molecule has 2 aromatic rings. The van der Waals surface area contributed by atoms with Gasteiger partial charge in [-0.15, -0.1) is 0 Å². The van der Waals surface area contributed by atoms with Crippen molar-refractivity contribution in [3.8, 4) is 5.75 Å². The van der Waals surface area contributed by atoms with E-state index in [1.807, 2.05) is 43.3 Å². The molecule has 19 heavy (non-hydrogen) atoms. The summed E-state index contributed by atoms with van der Waals surface area (Å²) in [7, 11) is 5.55. The zero-order valence-corrected chi connectivity index (χ0v) is 11.4. The van der Waals surface area contributed by atoms with E-state index in [0.29, 0.717) is 5.75 Å². The highest BCUT2D eigenvalue weighted by Gasteiger charge is 2.11. The minimum atomic E-state index is -0.696. The van der Waals surface area contributed by atoms with Crippen LogP contribution in [0.15, 0.2) is 42.7 Å². The molecule has 1 aromatic carbocycles. The molecule has 0 fully saturated rings. The lowest BCUT2D eigenvalue weighted by Crippen LogP contribution is -2.08. The van der Waals surface area contributed by atoms with Crippen molar-refractivity contribution in [1.29, 1.82) is 0 Å². The third-order valence-electron chi connectivity index (χ3n) is 3.01. The SMILES string of the molecule is COc1cncc(C(O)c2ccc(N(C)C)cc2)c1. The molecule has 1 N–H and O–H groups in total. The minimum Gasteiger partial charge on any atom is -0.495 e. The number of ether oxygens (including phenoxy) is 1. The van der Waals surface area contributed by atoms with Gasteiger partial charge in [-0.3, -0.25) is 4.98 Å². The van der Waals surface area contributed by atoms with Gasteiger partial charge in [-0.1, -0.05) is 12.1 Å². The van der Waals surface area contributed by atoms with Crippen LogP contribution < -0.4 is 9.64 Å². The predicted molar refractivity (Wildman–Crippen MR) is 75.6 cm³/mol. The molecule has 0 amide bonds. The van der Waals surface area contributed by atoms with E-state index in [1.54, 1.807) is 25.6 Å². The molecule has 4 nitrogen and oxygen atoms in total. The maximum absolute atomic E-state index is 10.3. The zero-order chi connectivity index (χ0) is 13.8. The van der Waals surface area contributed by atoms with Crippen molar-refractivity contribution in [3.05, 3.63) is 53.9 Å². The summed E-state index contributed by atoms with van der Waals surface area (Å²) >= 11 is 0. The van der Waals surface area contributed by atoms with Crippen molar-refractivity contribution in [2.75, 3.05) is 26.1 Å². The van der Waals surface area contributed by atoms with E-state index in [4.69, 9.17) is 4.74 Å². The molecule has 100 valence electrons. The van der Waals surface area contributed by atoms with Crippen molar-refractivity contribution >= 4 is 5.69 Å². The first-order valence-corrected chi connectivity index (χ1v) is 6.06. The molecule has 1 unspecified atom stereocenters. The van der Waals surface area contributed by atoms with Crippen LogP contribution in [0.5, 0.6) is 5.75 Å². The van der Waals surface area contributed by atoms with Gasteiger partial charge in [0.15, 0.2) is 0 Å². The van der Waals surface area contributed by atoms with Crippen LogP contribution in [-0.4, -0.2) is 31.3 Å². The Morgan fingerprint density at radius 3 is 2.37 bits per heavy atom. The number of rotatable bonds is 4. The van der Waals surface area contributed by atoms with E-state index in [9.17, 15) is 5.11 Å². The predicted octanol–water partition coefficient (Wildman–Crippen LogP) is 2.24. The van der Waals surface area contributed by atoms with Gasteiger partial charge in [0.1, 0.15) is 11.9 Å². The number of hydrogen-bond donors (Lipinski definition) is 1. The summed E-state index contributed by atoms with van der Waals surface area (Å²) in [5, 5.41) is 10.3. The molecule has 0 saturated heterocycles. The quantitative estimate of drug-likeness (QED) is 0.913. The lowest BCUT2D eigenvalue weighted by atomic mass is 10.0. The molecule has 0 bridgehead atoms. The first-order chi connectivity index (χ1) is 9.11. The fourth-order valence-corrected chi connectivity index (χ4v) is 1.84. The Labute approximate surface area is 113 Å². The Balaban J connectivity index is 2.25. The summed E-state index contributed by atoms with van der Waals surface area (Å²) < 4.78 is 5.11. The van der Waals surface area contributed by atoms with Crippen LogP contribution in [0.3, 0.4) is 0 Å². The van der Waals surface area contributed by atoms with Crippen LogP contribution in [0.4, 0.5) is 5.69 Å². The van der Waals surface area contributed by atoms with E-state index in [2.05, 4.69) is 4.98 Å². The normalized spacial score (nSPS) is 12.0. The highest BCUT2D eigenvalue weighted by Crippen LogP contribution is 2.25. The third kappa shape index (κ3) is 3.03. The molecule has 1 heterocycles. The summed E-state index contributed by atoms with van der Waals surface area (Å²) in [5.41, 5.74) is 2.65. The van der Waals surface area contributed by atoms with Gasteiger partial charge in [0.05, 0.1) is 13.3 Å². The van der Waals surface area contributed by atoms with Gasteiger partial charge >= 0.3 is 0 Å². The van der Waals surface area contributed by atoms with E-state index < -0.39 is 6.10 Å². The van der Waals surface area contributed by atoms with Crippen LogP contribution in [0.2, 0.25) is 0 Å². The molecular formula is C15H18N2O2. The molecule has 1 atom stereocenters. The second kappa shape index (κ2) is 5.71. The third-order valence-corrected chi connectivity index (χ3v) is 3.01. The summed E-state index contributed by atoms with van der Waals surface area (Å²) in [6.07, 6.45) is 2.57. The maximum atomic E-state index is 10.3. The Morgan fingerprint density at radius 1 is 1.11 bits per heavy atom. The van der Waals surface area contributed by atoms with Crippen molar-refractivity contribution in [2.24, 2.45) is 0 Å². The van der Waals surface area contributed by atoms with E-state index in [1.165, 1.54) is 0 Å². The maximum Gasteiger partial charge on any atom is 0.137 e.